The number of para-hydroxylation sites is 1. The molecule has 1 aliphatic heterocycles. The fourth-order valence-electron chi connectivity index (χ4n) is 4.82. The van der Waals surface area contributed by atoms with Gasteiger partial charge in [-0.2, -0.15) is 5.10 Å². The van der Waals surface area contributed by atoms with Gasteiger partial charge < -0.3 is 14.5 Å². The van der Waals surface area contributed by atoms with E-state index in [0.717, 1.165) is 28.2 Å². The molecule has 0 amide bonds. The van der Waals surface area contributed by atoms with Crippen molar-refractivity contribution in [1.82, 2.24) is 19.7 Å². The van der Waals surface area contributed by atoms with E-state index in [-0.39, 0.29) is 4.90 Å². The van der Waals surface area contributed by atoms with Crippen LogP contribution in [0.25, 0.3) is 16.7 Å². The summed E-state index contributed by atoms with van der Waals surface area (Å²) in [6, 6.07) is 23.5. The average molecular weight is 542 g/mol. The zero-order chi connectivity index (χ0) is 26.8. The van der Waals surface area contributed by atoms with Gasteiger partial charge in [-0.3, -0.25) is 4.72 Å². The monoisotopic (exact) mass is 541 g/mol. The second-order valence-corrected chi connectivity index (χ2v) is 10.8. The van der Waals surface area contributed by atoms with Crippen molar-refractivity contribution in [3.05, 3.63) is 91.4 Å². The van der Waals surface area contributed by atoms with E-state index in [1.807, 2.05) is 47.3 Å². The Morgan fingerprint density at radius 2 is 1.54 bits per heavy atom. The molecule has 0 spiro atoms. The zero-order valence-electron chi connectivity index (χ0n) is 21.3. The van der Waals surface area contributed by atoms with Crippen LogP contribution in [0.4, 0.5) is 17.2 Å². The first-order valence-electron chi connectivity index (χ1n) is 12.5. The summed E-state index contributed by atoms with van der Waals surface area (Å²) in [6.07, 6.45) is 3.39. The number of aromatic nitrogens is 4. The predicted octanol–water partition coefficient (Wildman–Crippen LogP) is 3.95. The SMILES string of the molecule is COc1ccc(NS(=O)(=O)c2ccccc2)cc1N1CCN(c2ncnc3c2cnn3-c2ccccc2)CC1. The predicted molar refractivity (Wildman–Crippen MR) is 151 cm³/mol. The van der Waals surface area contributed by atoms with Gasteiger partial charge >= 0.3 is 0 Å². The fraction of sp³-hybridized carbons (Fsp3) is 0.179. The highest BCUT2D eigenvalue weighted by molar-refractivity contribution is 7.92. The van der Waals surface area contributed by atoms with Crippen LogP contribution >= 0.6 is 0 Å². The summed E-state index contributed by atoms with van der Waals surface area (Å²) in [4.78, 5) is 13.7. The second kappa shape index (κ2) is 10.3. The van der Waals surface area contributed by atoms with Gasteiger partial charge in [-0.05, 0) is 42.5 Å². The lowest BCUT2D eigenvalue weighted by Gasteiger charge is -2.37. The van der Waals surface area contributed by atoms with Gasteiger partial charge in [0, 0.05) is 26.2 Å². The van der Waals surface area contributed by atoms with Gasteiger partial charge in [-0.15, -0.1) is 0 Å². The summed E-state index contributed by atoms with van der Waals surface area (Å²) >= 11 is 0. The molecule has 3 aromatic carbocycles. The molecule has 3 heterocycles. The van der Waals surface area contributed by atoms with E-state index in [4.69, 9.17) is 4.74 Å². The number of rotatable bonds is 7. The number of piperazine rings is 1. The number of anilines is 3. The molecular weight excluding hydrogens is 514 g/mol. The smallest absolute Gasteiger partial charge is 0.261 e. The number of ether oxygens (including phenoxy) is 1. The normalized spacial score (nSPS) is 14.0. The van der Waals surface area contributed by atoms with Gasteiger partial charge in [0.05, 0.1) is 40.7 Å². The Morgan fingerprint density at radius 3 is 2.26 bits per heavy atom. The highest BCUT2D eigenvalue weighted by Gasteiger charge is 2.24. The van der Waals surface area contributed by atoms with Gasteiger partial charge in [0.15, 0.2) is 5.65 Å². The number of fused-ring (bicyclic) bond motifs is 1. The van der Waals surface area contributed by atoms with Gasteiger partial charge in [0.2, 0.25) is 0 Å². The van der Waals surface area contributed by atoms with Crippen molar-refractivity contribution in [2.45, 2.75) is 4.90 Å². The lowest BCUT2D eigenvalue weighted by Crippen LogP contribution is -2.47. The van der Waals surface area contributed by atoms with Crippen LogP contribution in [0.3, 0.4) is 0 Å². The summed E-state index contributed by atoms with van der Waals surface area (Å²) in [5, 5.41) is 5.46. The fourth-order valence-corrected chi connectivity index (χ4v) is 5.89. The molecule has 39 heavy (non-hydrogen) atoms. The second-order valence-electron chi connectivity index (χ2n) is 9.11. The third-order valence-electron chi connectivity index (χ3n) is 6.75. The van der Waals surface area contributed by atoms with E-state index >= 15 is 0 Å². The Labute approximate surface area is 226 Å². The van der Waals surface area contributed by atoms with Crippen molar-refractivity contribution in [3.8, 4) is 11.4 Å². The molecule has 6 rings (SSSR count). The minimum Gasteiger partial charge on any atom is -0.495 e. The molecule has 0 bridgehead atoms. The molecule has 5 aromatic rings. The van der Waals surface area contributed by atoms with Gasteiger partial charge in [-0.25, -0.2) is 23.1 Å². The van der Waals surface area contributed by atoms with E-state index in [2.05, 4.69) is 29.6 Å². The number of nitrogens with zero attached hydrogens (tertiary/aromatic N) is 6. The first-order chi connectivity index (χ1) is 19.0. The maximum absolute atomic E-state index is 12.9. The molecule has 2 aromatic heterocycles. The Kier molecular flexibility index (Phi) is 6.49. The average Bonchev–Trinajstić information content (AvgIpc) is 3.42. The molecule has 11 heteroatoms. The van der Waals surface area contributed by atoms with Crippen LogP contribution in [0.15, 0.2) is 96.3 Å². The Hall–Kier alpha value is -4.64. The number of methoxy groups -OCH3 is 1. The Balaban J connectivity index is 1.22. The largest absolute Gasteiger partial charge is 0.495 e. The molecule has 0 saturated carbocycles. The lowest BCUT2D eigenvalue weighted by atomic mass is 10.2. The van der Waals surface area contributed by atoms with E-state index in [0.29, 0.717) is 37.6 Å². The maximum Gasteiger partial charge on any atom is 0.261 e. The van der Waals surface area contributed by atoms with E-state index in [1.54, 1.807) is 55.9 Å². The summed E-state index contributed by atoms with van der Waals surface area (Å²) in [6.45, 7) is 2.82. The molecule has 0 aliphatic carbocycles. The number of hydrogen-bond donors (Lipinski definition) is 1. The van der Waals surface area contributed by atoms with Gasteiger partial charge in [0.25, 0.3) is 10.0 Å². The molecule has 1 aliphatic rings. The molecule has 0 atom stereocenters. The topological polar surface area (TPSA) is 105 Å². The van der Waals surface area contributed by atoms with Crippen LogP contribution in [0, 0.1) is 0 Å². The standard InChI is InChI=1S/C28H27N7O3S/c1-38-26-13-12-21(32-39(36,37)23-10-6-3-7-11-23)18-25(26)33-14-16-34(17-15-33)27-24-19-31-35(28(24)30-20-29-27)22-8-4-2-5-9-22/h2-13,18-20,32H,14-17H2,1H3. The molecule has 198 valence electrons. The first kappa shape index (κ1) is 24.7. The number of hydrogen-bond acceptors (Lipinski definition) is 8. The van der Waals surface area contributed by atoms with E-state index in [1.165, 1.54) is 0 Å². The molecule has 1 N–H and O–H groups in total. The van der Waals surface area contributed by atoms with Crippen molar-refractivity contribution in [3.63, 3.8) is 0 Å². The zero-order valence-corrected chi connectivity index (χ0v) is 22.1. The molecule has 1 fully saturated rings. The van der Waals surface area contributed by atoms with Crippen molar-refractivity contribution in [2.24, 2.45) is 0 Å². The van der Waals surface area contributed by atoms with Crippen molar-refractivity contribution in [1.29, 1.82) is 0 Å². The summed E-state index contributed by atoms with van der Waals surface area (Å²) in [7, 11) is -2.09. The summed E-state index contributed by atoms with van der Waals surface area (Å²) < 4.78 is 35.9. The summed E-state index contributed by atoms with van der Waals surface area (Å²) in [5.74, 6) is 1.53. The molecule has 1 saturated heterocycles. The van der Waals surface area contributed by atoms with Crippen molar-refractivity contribution in [2.75, 3.05) is 47.8 Å². The van der Waals surface area contributed by atoms with Crippen molar-refractivity contribution >= 4 is 38.2 Å². The van der Waals surface area contributed by atoms with Gasteiger partial charge in [-0.1, -0.05) is 36.4 Å². The Morgan fingerprint density at radius 1 is 0.846 bits per heavy atom. The molecule has 10 nitrogen and oxygen atoms in total. The van der Waals surface area contributed by atoms with Crippen LogP contribution in [-0.4, -0.2) is 61.5 Å². The lowest BCUT2D eigenvalue weighted by molar-refractivity contribution is 0.413. The molecular formula is C28H27N7O3S. The first-order valence-corrected chi connectivity index (χ1v) is 14.0. The Bertz CT molecular complexity index is 1700. The van der Waals surface area contributed by atoms with E-state index in [9.17, 15) is 8.42 Å². The van der Waals surface area contributed by atoms with E-state index < -0.39 is 10.0 Å². The van der Waals surface area contributed by atoms with Gasteiger partial charge in [0.1, 0.15) is 17.9 Å². The third kappa shape index (κ3) is 4.84. The molecule has 0 radical (unpaired) electrons. The molecule has 0 unspecified atom stereocenters. The number of nitrogens with one attached hydrogen (secondary N) is 1. The van der Waals surface area contributed by atoms with Crippen LogP contribution in [-0.2, 0) is 10.0 Å². The third-order valence-corrected chi connectivity index (χ3v) is 8.15. The highest BCUT2D eigenvalue weighted by Crippen LogP contribution is 2.34. The van der Waals surface area contributed by atoms with Crippen LogP contribution in [0.5, 0.6) is 5.75 Å². The quantitative estimate of drug-likeness (QED) is 0.330. The van der Waals surface area contributed by atoms with Crippen LogP contribution in [0.1, 0.15) is 0 Å². The maximum atomic E-state index is 12.9. The minimum absolute atomic E-state index is 0.211. The number of benzene rings is 3. The summed E-state index contributed by atoms with van der Waals surface area (Å²) in [5.41, 5.74) is 3.00. The van der Waals surface area contributed by atoms with Crippen LogP contribution < -0.4 is 19.3 Å². The van der Waals surface area contributed by atoms with Crippen LogP contribution in [0.2, 0.25) is 0 Å². The van der Waals surface area contributed by atoms with Crippen molar-refractivity contribution < 1.29 is 13.2 Å². The minimum atomic E-state index is -3.70. The highest BCUT2D eigenvalue weighted by atomic mass is 32.2. The number of sulfonamides is 1.